The minimum absolute atomic E-state index is 0.298. The van der Waals surface area contributed by atoms with Crippen LogP contribution in [0.1, 0.15) is 11.6 Å². The Morgan fingerprint density at radius 3 is 2.61 bits per heavy atom. The summed E-state index contributed by atoms with van der Waals surface area (Å²) in [7, 11) is 0. The fourth-order valence-corrected chi connectivity index (χ4v) is 2.63. The van der Waals surface area contributed by atoms with Gasteiger partial charge in [-0.05, 0) is 48.6 Å². The molecule has 138 valence electrons. The highest BCUT2D eigenvalue weighted by Gasteiger charge is 2.11. The van der Waals surface area contributed by atoms with Gasteiger partial charge < -0.3 is 9.73 Å². The van der Waals surface area contributed by atoms with Crippen LogP contribution >= 0.6 is 0 Å². The van der Waals surface area contributed by atoms with E-state index in [0.717, 1.165) is 5.69 Å². The molecule has 0 atom stereocenters. The third-order valence-corrected chi connectivity index (χ3v) is 3.90. The van der Waals surface area contributed by atoms with Crippen molar-refractivity contribution < 1.29 is 13.7 Å². The molecule has 0 aliphatic heterocycles. The van der Waals surface area contributed by atoms with Gasteiger partial charge in [-0.2, -0.15) is 0 Å². The molecule has 4 aromatic rings. The number of nitrogens with zero attached hydrogens (tertiary/aromatic N) is 3. The number of halogens is 1. The Balaban J connectivity index is 1.73. The molecule has 7 nitrogen and oxygen atoms in total. The van der Waals surface area contributed by atoms with Gasteiger partial charge in [-0.25, -0.2) is 14.4 Å². The number of nitrogens with one attached hydrogen (secondary N) is 1. The minimum Gasteiger partial charge on any atom is -0.401 e. The second kappa shape index (κ2) is 7.28. The summed E-state index contributed by atoms with van der Waals surface area (Å²) < 4.78 is 18.8. The molecule has 0 aliphatic carbocycles. The standard InChI is InChI=1S/C20H13FN4O3/c21-13-6-9-17-16(12-13)20(22-14-4-2-1-3-5-14)24-18(23-17)10-7-15-8-11-19(28-15)25(26)27/h1-12H,(H,22,23,24)/b10-7+. The number of benzene rings is 2. The molecule has 28 heavy (non-hydrogen) atoms. The number of para-hydroxylation sites is 1. The van der Waals surface area contributed by atoms with Gasteiger partial charge in [-0.1, -0.05) is 18.2 Å². The number of fused-ring (bicyclic) bond motifs is 1. The highest BCUT2D eigenvalue weighted by Crippen LogP contribution is 2.25. The van der Waals surface area contributed by atoms with Gasteiger partial charge in [0.2, 0.25) is 0 Å². The maximum atomic E-state index is 13.7. The van der Waals surface area contributed by atoms with Crippen LogP contribution in [0.25, 0.3) is 23.1 Å². The first-order valence-electron chi connectivity index (χ1n) is 8.30. The minimum atomic E-state index is -0.611. The molecule has 8 heteroatoms. The highest BCUT2D eigenvalue weighted by molar-refractivity contribution is 5.91. The summed E-state index contributed by atoms with van der Waals surface area (Å²) in [6.45, 7) is 0. The zero-order valence-electron chi connectivity index (χ0n) is 14.4. The summed E-state index contributed by atoms with van der Waals surface area (Å²) >= 11 is 0. The molecule has 2 aromatic carbocycles. The molecule has 0 saturated heterocycles. The zero-order chi connectivity index (χ0) is 19.5. The Bertz CT molecular complexity index is 1190. The van der Waals surface area contributed by atoms with E-state index >= 15 is 0 Å². The lowest BCUT2D eigenvalue weighted by atomic mass is 10.2. The predicted octanol–water partition coefficient (Wildman–Crippen LogP) is 5.18. The second-order valence-electron chi connectivity index (χ2n) is 5.85. The Hall–Kier alpha value is -4.07. The summed E-state index contributed by atoms with van der Waals surface area (Å²) in [5.41, 5.74) is 1.35. The fraction of sp³-hybridized carbons (Fsp3) is 0. The van der Waals surface area contributed by atoms with Crippen molar-refractivity contribution in [1.29, 1.82) is 0 Å². The van der Waals surface area contributed by atoms with Gasteiger partial charge in [0.05, 0.1) is 11.6 Å². The van der Waals surface area contributed by atoms with Crippen LogP contribution in [0.3, 0.4) is 0 Å². The second-order valence-corrected chi connectivity index (χ2v) is 5.85. The van der Waals surface area contributed by atoms with Crippen molar-refractivity contribution in [2.45, 2.75) is 0 Å². The van der Waals surface area contributed by atoms with E-state index in [2.05, 4.69) is 15.3 Å². The average molecular weight is 376 g/mol. The normalized spacial score (nSPS) is 11.2. The lowest BCUT2D eigenvalue weighted by Gasteiger charge is -2.10. The topological polar surface area (TPSA) is 94.1 Å². The van der Waals surface area contributed by atoms with E-state index < -0.39 is 10.7 Å². The number of nitro groups is 1. The molecule has 0 saturated carbocycles. The maximum absolute atomic E-state index is 13.7. The summed E-state index contributed by atoms with van der Waals surface area (Å²) in [4.78, 5) is 18.9. The van der Waals surface area contributed by atoms with E-state index in [9.17, 15) is 14.5 Å². The van der Waals surface area contributed by atoms with Gasteiger partial charge in [0, 0.05) is 11.1 Å². The lowest BCUT2D eigenvalue weighted by Crippen LogP contribution is -1.99. The first-order valence-corrected chi connectivity index (χ1v) is 8.30. The third-order valence-electron chi connectivity index (χ3n) is 3.90. The molecule has 2 aromatic heterocycles. The first kappa shape index (κ1) is 17.3. The quantitative estimate of drug-likeness (QED) is 0.381. The van der Waals surface area contributed by atoms with Crippen LogP contribution in [-0.2, 0) is 0 Å². The molecule has 2 heterocycles. The van der Waals surface area contributed by atoms with Crippen molar-refractivity contribution in [2.75, 3.05) is 5.32 Å². The van der Waals surface area contributed by atoms with E-state index in [1.165, 1.54) is 30.3 Å². The maximum Gasteiger partial charge on any atom is 0.433 e. The van der Waals surface area contributed by atoms with Gasteiger partial charge in [0.15, 0.2) is 5.82 Å². The molecule has 4 rings (SSSR count). The van der Waals surface area contributed by atoms with Crippen LogP contribution in [-0.4, -0.2) is 14.9 Å². The number of hydrogen-bond acceptors (Lipinski definition) is 6. The van der Waals surface area contributed by atoms with Crippen molar-refractivity contribution in [1.82, 2.24) is 9.97 Å². The van der Waals surface area contributed by atoms with Gasteiger partial charge in [0.25, 0.3) is 0 Å². The zero-order valence-corrected chi connectivity index (χ0v) is 14.4. The molecule has 1 N–H and O–H groups in total. The molecular weight excluding hydrogens is 363 g/mol. The number of furan rings is 1. The molecule has 0 radical (unpaired) electrons. The lowest BCUT2D eigenvalue weighted by molar-refractivity contribution is -0.402. The number of anilines is 2. The molecule has 0 unspecified atom stereocenters. The number of aromatic nitrogens is 2. The third kappa shape index (κ3) is 3.70. The molecule has 0 fully saturated rings. The van der Waals surface area contributed by atoms with Crippen LogP contribution < -0.4 is 5.32 Å². The van der Waals surface area contributed by atoms with Crippen molar-refractivity contribution >= 4 is 40.4 Å². The predicted molar refractivity (Wildman–Crippen MR) is 104 cm³/mol. The average Bonchev–Trinajstić information content (AvgIpc) is 3.17. The van der Waals surface area contributed by atoms with Gasteiger partial charge in [0.1, 0.15) is 22.3 Å². The largest absolute Gasteiger partial charge is 0.433 e. The van der Waals surface area contributed by atoms with Crippen molar-refractivity contribution in [3.05, 3.63) is 88.2 Å². The SMILES string of the molecule is O=[N+]([O-])c1ccc(/C=C/c2nc(Nc3ccccc3)c3cc(F)ccc3n2)o1. The van der Waals surface area contributed by atoms with Gasteiger partial charge in [-0.3, -0.25) is 10.1 Å². The van der Waals surface area contributed by atoms with Crippen LogP contribution in [0.2, 0.25) is 0 Å². The molecule has 0 spiro atoms. The first-order chi connectivity index (χ1) is 13.6. The monoisotopic (exact) mass is 376 g/mol. The van der Waals surface area contributed by atoms with Crippen molar-refractivity contribution in [3.8, 4) is 0 Å². The highest BCUT2D eigenvalue weighted by atomic mass is 19.1. The molecule has 0 aliphatic rings. The number of hydrogen-bond donors (Lipinski definition) is 1. The van der Waals surface area contributed by atoms with Gasteiger partial charge in [-0.15, -0.1) is 0 Å². The van der Waals surface area contributed by atoms with Crippen molar-refractivity contribution in [2.24, 2.45) is 0 Å². The Morgan fingerprint density at radius 2 is 1.86 bits per heavy atom. The Morgan fingerprint density at radius 1 is 1.04 bits per heavy atom. The molecular formula is C20H13FN4O3. The van der Waals surface area contributed by atoms with Gasteiger partial charge >= 0.3 is 5.88 Å². The smallest absolute Gasteiger partial charge is 0.401 e. The van der Waals surface area contributed by atoms with Crippen LogP contribution in [0.4, 0.5) is 21.8 Å². The van der Waals surface area contributed by atoms with E-state index in [1.54, 1.807) is 12.1 Å². The summed E-state index contributed by atoms with van der Waals surface area (Å²) in [6, 6.07) is 16.4. The number of rotatable bonds is 5. The summed E-state index contributed by atoms with van der Waals surface area (Å²) in [5.74, 6) is 0.351. The van der Waals surface area contributed by atoms with E-state index in [4.69, 9.17) is 4.42 Å². The molecule has 0 amide bonds. The van der Waals surface area contributed by atoms with E-state index in [-0.39, 0.29) is 5.88 Å². The van der Waals surface area contributed by atoms with E-state index in [1.807, 2.05) is 30.3 Å². The molecule has 0 bridgehead atoms. The van der Waals surface area contributed by atoms with E-state index in [0.29, 0.717) is 28.3 Å². The van der Waals surface area contributed by atoms with Crippen LogP contribution in [0.5, 0.6) is 0 Å². The summed E-state index contributed by atoms with van der Waals surface area (Å²) in [5, 5.41) is 14.4. The Labute approximate surface area is 158 Å². The Kier molecular flexibility index (Phi) is 4.51. The van der Waals surface area contributed by atoms with Crippen molar-refractivity contribution in [3.63, 3.8) is 0 Å². The summed E-state index contributed by atoms with van der Waals surface area (Å²) in [6.07, 6.45) is 3.10. The fourth-order valence-electron chi connectivity index (χ4n) is 2.63. The van der Waals surface area contributed by atoms with Crippen LogP contribution in [0.15, 0.2) is 65.1 Å². The van der Waals surface area contributed by atoms with Crippen LogP contribution in [0, 0.1) is 15.9 Å².